The molecule has 8 heavy (non-hydrogen) atoms. The second-order valence-corrected chi connectivity index (χ2v) is 6.14. The van der Waals surface area contributed by atoms with E-state index in [0.29, 0.717) is 0 Å². The molecule has 0 nitrogen and oxygen atoms in total. The van der Waals surface area contributed by atoms with E-state index < -0.39 is 0 Å². The van der Waals surface area contributed by atoms with Gasteiger partial charge in [0.15, 0.2) is 0 Å². The molecule has 0 aromatic rings. The zero-order valence-corrected chi connectivity index (χ0v) is 8.04. The van der Waals surface area contributed by atoms with Crippen molar-refractivity contribution in [1.29, 1.82) is 0 Å². The predicted molar refractivity (Wildman–Crippen MR) is 37.2 cm³/mol. The van der Waals surface area contributed by atoms with Gasteiger partial charge in [0.2, 0.25) is 0 Å². The molecule has 0 unspecified atom stereocenters. The van der Waals surface area contributed by atoms with Crippen LogP contribution < -0.4 is 0 Å². The normalized spacial score (nSPS) is 27.8. The third kappa shape index (κ3) is 1.97. The van der Waals surface area contributed by atoms with Crippen molar-refractivity contribution in [2.45, 2.75) is 42.4 Å². The van der Waals surface area contributed by atoms with Crippen LogP contribution in [0.4, 0.5) is 0 Å². The Labute approximate surface area is 65.5 Å². The quantitative estimate of drug-likeness (QED) is 0.548. The number of rotatable bonds is 0. The van der Waals surface area contributed by atoms with E-state index in [4.69, 9.17) is 0 Å². The fourth-order valence-corrected chi connectivity index (χ4v) is 2.22. The first-order valence-corrected chi connectivity index (χ1v) is 4.71. The molecule has 1 aliphatic rings. The molecule has 1 rings (SSSR count). The summed E-state index contributed by atoms with van der Waals surface area (Å²) in [5, 5.41) is 0. The molecule has 0 saturated heterocycles. The van der Waals surface area contributed by atoms with Crippen molar-refractivity contribution in [3.8, 4) is 0 Å². The average Bonchev–Trinajstić information content (AvgIpc) is 1.65. The molecule has 1 aliphatic carbocycles. The average molecular weight is 219 g/mol. The maximum absolute atomic E-state index is 2.40. The van der Waals surface area contributed by atoms with Crippen molar-refractivity contribution in [2.75, 3.05) is 0 Å². The second kappa shape index (κ2) is 2.60. The van der Waals surface area contributed by atoms with Crippen molar-refractivity contribution in [3.63, 3.8) is 0 Å². The van der Waals surface area contributed by atoms with E-state index in [2.05, 4.69) is 6.92 Å². The topological polar surface area (TPSA) is 0 Å². The van der Waals surface area contributed by atoms with E-state index in [9.17, 15) is 0 Å². The van der Waals surface area contributed by atoms with Gasteiger partial charge in [-0.15, -0.1) is 0 Å². The Bertz CT molecular complexity index is 68.5. The summed E-state index contributed by atoms with van der Waals surface area (Å²) in [5.41, 5.74) is 0. The minimum absolute atomic E-state index is 0.729. The molecule has 1 heteroatoms. The van der Waals surface area contributed by atoms with Gasteiger partial charge < -0.3 is 0 Å². The molecule has 0 N–H and O–H groups in total. The van der Waals surface area contributed by atoms with Crippen LogP contribution in [0.3, 0.4) is 0 Å². The van der Waals surface area contributed by atoms with Gasteiger partial charge in [-0.25, -0.2) is 0 Å². The van der Waals surface area contributed by atoms with Crippen LogP contribution in [0.2, 0.25) is 3.36 Å². The Morgan fingerprint density at radius 1 is 1.12 bits per heavy atom. The zero-order valence-electron chi connectivity index (χ0n) is 5.48. The van der Waals surface area contributed by atoms with Crippen LogP contribution in [0.15, 0.2) is 0 Å². The van der Waals surface area contributed by atoms with Gasteiger partial charge in [-0.3, -0.25) is 0 Å². The summed E-state index contributed by atoms with van der Waals surface area (Å²) in [5.74, 6) is 0. The first-order chi connectivity index (χ1) is 3.71. The van der Waals surface area contributed by atoms with Gasteiger partial charge in [0.25, 0.3) is 0 Å². The van der Waals surface area contributed by atoms with Crippen LogP contribution in [0.5, 0.6) is 0 Å². The van der Waals surface area contributed by atoms with E-state index in [1.165, 1.54) is 32.1 Å². The van der Waals surface area contributed by atoms with Gasteiger partial charge in [0.05, 0.1) is 0 Å². The van der Waals surface area contributed by atoms with E-state index in [1.54, 1.807) is 0 Å². The molecule has 0 bridgehead atoms. The Morgan fingerprint density at radius 2 is 1.62 bits per heavy atom. The third-order valence-electron chi connectivity index (χ3n) is 1.93. The molecule has 0 atom stereocenters. The second-order valence-electron chi connectivity index (χ2n) is 3.06. The van der Waals surface area contributed by atoms with E-state index in [0.717, 1.165) is 3.36 Å². The molecule has 0 aliphatic heterocycles. The molecule has 0 aromatic carbocycles. The Kier molecular flexibility index (Phi) is 2.25. The van der Waals surface area contributed by atoms with Crippen molar-refractivity contribution >= 4 is 23.0 Å². The molecule has 0 heterocycles. The van der Waals surface area contributed by atoms with Crippen molar-refractivity contribution in [2.24, 2.45) is 0 Å². The minimum atomic E-state index is 0.729. The Hall–Kier alpha value is 0.818. The SMILES string of the molecule is C[C]1([Sb])CCCCC1. The molecule has 0 amide bonds. The summed E-state index contributed by atoms with van der Waals surface area (Å²) < 4.78 is 0.729. The summed E-state index contributed by atoms with van der Waals surface area (Å²) in [7, 11) is 0. The maximum atomic E-state index is 2.40. The van der Waals surface area contributed by atoms with E-state index in [-0.39, 0.29) is 0 Å². The van der Waals surface area contributed by atoms with Gasteiger partial charge in [-0.2, -0.15) is 0 Å². The zero-order chi connectivity index (χ0) is 6.04. The summed E-state index contributed by atoms with van der Waals surface area (Å²) >= 11 is 2.03. The van der Waals surface area contributed by atoms with Gasteiger partial charge in [0, 0.05) is 0 Å². The molecule has 0 spiro atoms. The van der Waals surface area contributed by atoms with Crippen molar-refractivity contribution in [3.05, 3.63) is 0 Å². The first-order valence-electron chi connectivity index (χ1n) is 3.43. The molecule has 2 radical (unpaired) electrons. The molecule has 0 aromatic heterocycles. The van der Waals surface area contributed by atoms with E-state index in [1.807, 2.05) is 23.0 Å². The standard InChI is InChI=1S/C7H13.Sb/c1-7-5-3-2-4-6-7;/h2-6H2,1H3;. The molecular formula is C7H13Sb. The fraction of sp³-hybridized carbons (Fsp3) is 1.00. The first kappa shape index (κ1) is 6.93. The van der Waals surface area contributed by atoms with Gasteiger partial charge in [-0.05, 0) is 0 Å². The summed E-state index contributed by atoms with van der Waals surface area (Å²) in [6.07, 6.45) is 7.39. The summed E-state index contributed by atoms with van der Waals surface area (Å²) in [6.45, 7) is 2.40. The monoisotopic (exact) mass is 218 g/mol. The van der Waals surface area contributed by atoms with Crippen molar-refractivity contribution < 1.29 is 0 Å². The van der Waals surface area contributed by atoms with Crippen LogP contribution in [0, 0.1) is 0 Å². The van der Waals surface area contributed by atoms with Crippen LogP contribution in [0.25, 0.3) is 0 Å². The van der Waals surface area contributed by atoms with Crippen LogP contribution >= 0.6 is 0 Å². The summed E-state index contributed by atoms with van der Waals surface area (Å²) in [6, 6.07) is 0. The van der Waals surface area contributed by atoms with Crippen LogP contribution in [-0.4, -0.2) is 23.0 Å². The van der Waals surface area contributed by atoms with Crippen molar-refractivity contribution in [1.82, 2.24) is 0 Å². The molecule has 1 fully saturated rings. The van der Waals surface area contributed by atoms with E-state index >= 15 is 0 Å². The fourth-order valence-electron chi connectivity index (χ4n) is 1.31. The molecule has 46 valence electrons. The summed E-state index contributed by atoms with van der Waals surface area (Å²) in [4.78, 5) is 0. The number of hydrogen-bond donors (Lipinski definition) is 0. The Morgan fingerprint density at radius 3 is 1.88 bits per heavy atom. The Balaban J connectivity index is 2.33. The number of hydrogen-bond acceptors (Lipinski definition) is 0. The van der Waals surface area contributed by atoms with Crippen LogP contribution in [-0.2, 0) is 0 Å². The van der Waals surface area contributed by atoms with Crippen LogP contribution in [0.1, 0.15) is 39.0 Å². The van der Waals surface area contributed by atoms with Gasteiger partial charge in [-0.1, -0.05) is 0 Å². The molecular weight excluding hydrogens is 206 g/mol. The third-order valence-corrected chi connectivity index (χ3v) is 3.21. The van der Waals surface area contributed by atoms with Gasteiger partial charge >= 0.3 is 65.4 Å². The molecule has 1 saturated carbocycles. The van der Waals surface area contributed by atoms with Gasteiger partial charge in [0.1, 0.15) is 0 Å². The predicted octanol–water partition coefficient (Wildman–Crippen LogP) is 2.30.